The number of rotatable bonds is 4. The van der Waals surface area contributed by atoms with Crippen molar-refractivity contribution in [1.82, 2.24) is 5.32 Å². The van der Waals surface area contributed by atoms with Crippen molar-refractivity contribution in [1.29, 1.82) is 0 Å². The molecule has 2 aromatic rings. The van der Waals surface area contributed by atoms with E-state index in [-0.39, 0.29) is 18.7 Å². The molecule has 24 heavy (non-hydrogen) atoms. The van der Waals surface area contributed by atoms with E-state index in [1.54, 1.807) is 0 Å². The van der Waals surface area contributed by atoms with Gasteiger partial charge >= 0.3 is 6.09 Å². The number of alkyl carbamates (subject to hydrolysis) is 1. The molecule has 6 heteroatoms. The molecule has 2 aromatic carbocycles. The SMILES string of the molecule is [N-]=[N+]=N[C@H]1CCc2ccccc2[C@H]1NC(=O)OCc1ccccc1. The summed E-state index contributed by atoms with van der Waals surface area (Å²) >= 11 is 0. The number of carbonyl (C=O) groups is 1. The van der Waals surface area contributed by atoms with Crippen LogP contribution in [-0.4, -0.2) is 12.1 Å². The number of azide groups is 1. The van der Waals surface area contributed by atoms with Crippen LogP contribution in [-0.2, 0) is 17.8 Å². The van der Waals surface area contributed by atoms with Gasteiger partial charge in [0.05, 0.1) is 12.1 Å². The molecule has 0 bridgehead atoms. The fourth-order valence-corrected chi connectivity index (χ4v) is 3.00. The van der Waals surface area contributed by atoms with E-state index in [2.05, 4.69) is 15.3 Å². The highest BCUT2D eigenvalue weighted by Gasteiger charge is 2.30. The van der Waals surface area contributed by atoms with Gasteiger partial charge in [0.1, 0.15) is 6.61 Å². The Bertz CT molecular complexity index is 757. The second-order valence-corrected chi connectivity index (χ2v) is 5.69. The molecule has 0 fully saturated rings. The summed E-state index contributed by atoms with van der Waals surface area (Å²) in [6, 6.07) is 16.7. The minimum atomic E-state index is -0.515. The van der Waals surface area contributed by atoms with Crippen molar-refractivity contribution in [3.8, 4) is 0 Å². The van der Waals surface area contributed by atoms with Crippen LogP contribution in [0.5, 0.6) is 0 Å². The minimum absolute atomic E-state index is 0.202. The van der Waals surface area contributed by atoms with Gasteiger partial charge in [-0.2, -0.15) is 0 Å². The minimum Gasteiger partial charge on any atom is -0.445 e. The number of nitrogens with zero attached hydrogens (tertiary/aromatic N) is 3. The van der Waals surface area contributed by atoms with E-state index in [1.165, 1.54) is 0 Å². The highest BCUT2D eigenvalue weighted by Crippen LogP contribution is 2.32. The van der Waals surface area contributed by atoms with Gasteiger partial charge in [0.15, 0.2) is 0 Å². The van der Waals surface area contributed by atoms with Gasteiger partial charge in [-0.05, 0) is 35.1 Å². The first-order valence-electron chi connectivity index (χ1n) is 7.87. The Morgan fingerprint density at radius 1 is 1.21 bits per heavy atom. The van der Waals surface area contributed by atoms with Crippen molar-refractivity contribution in [2.75, 3.05) is 0 Å². The van der Waals surface area contributed by atoms with Crippen molar-refractivity contribution >= 4 is 6.09 Å². The van der Waals surface area contributed by atoms with Crippen LogP contribution < -0.4 is 5.32 Å². The number of hydrogen-bond donors (Lipinski definition) is 1. The zero-order valence-corrected chi connectivity index (χ0v) is 13.1. The molecule has 0 aliphatic heterocycles. The van der Waals surface area contributed by atoms with Crippen molar-refractivity contribution in [2.24, 2.45) is 5.11 Å². The monoisotopic (exact) mass is 322 g/mol. The first-order valence-corrected chi connectivity index (χ1v) is 7.87. The maximum atomic E-state index is 12.2. The van der Waals surface area contributed by atoms with Crippen LogP contribution in [0.3, 0.4) is 0 Å². The molecule has 1 amide bonds. The largest absolute Gasteiger partial charge is 0.445 e. The number of nitrogens with one attached hydrogen (secondary N) is 1. The molecule has 1 N–H and O–H groups in total. The summed E-state index contributed by atoms with van der Waals surface area (Å²) in [6.45, 7) is 0.202. The molecule has 2 atom stereocenters. The molecule has 3 rings (SSSR count). The van der Waals surface area contributed by atoms with Crippen LogP contribution in [0.4, 0.5) is 4.79 Å². The summed E-state index contributed by atoms with van der Waals surface area (Å²) in [5.41, 5.74) is 11.9. The molecule has 0 radical (unpaired) electrons. The van der Waals surface area contributed by atoms with Gasteiger partial charge in [0, 0.05) is 4.91 Å². The zero-order chi connectivity index (χ0) is 16.8. The Morgan fingerprint density at radius 2 is 1.96 bits per heavy atom. The van der Waals surface area contributed by atoms with Gasteiger partial charge in [-0.15, -0.1) is 0 Å². The predicted octanol–water partition coefficient (Wildman–Crippen LogP) is 4.28. The number of amides is 1. The van der Waals surface area contributed by atoms with Crippen molar-refractivity contribution < 1.29 is 9.53 Å². The first-order chi connectivity index (χ1) is 11.8. The van der Waals surface area contributed by atoms with E-state index < -0.39 is 6.09 Å². The average molecular weight is 322 g/mol. The Labute approximate surface area is 140 Å². The van der Waals surface area contributed by atoms with Gasteiger partial charge in [-0.3, -0.25) is 0 Å². The summed E-state index contributed by atoms with van der Waals surface area (Å²) in [6.07, 6.45) is 1.01. The van der Waals surface area contributed by atoms with Gasteiger partial charge in [0.25, 0.3) is 0 Å². The molecular formula is C18H18N4O2. The third-order valence-electron chi connectivity index (χ3n) is 4.17. The molecule has 0 spiro atoms. The van der Waals surface area contributed by atoms with Crippen LogP contribution in [0.1, 0.15) is 29.2 Å². The molecule has 1 aliphatic rings. The number of carbonyl (C=O) groups excluding carboxylic acids is 1. The predicted molar refractivity (Wildman–Crippen MR) is 90.2 cm³/mol. The van der Waals surface area contributed by atoms with Crippen LogP contribution >= 0.6 is 0 Å². The molecular weight excluding hydrogens is 304 g/mol. The van der Waals surface area contributed by atoms with E-state index in [4.69, 9.17) is 10.3 Å². The van der Waals surface area contributed by atoms with Crippen molar-refractivity contribution in [3.63, 3.8) is 0 Å². The maximum Gasteiger partial charge on any atom is 0.407 e. The molecule has 0 unspecified atom stereocenters. The van der Waals surface area contributed by atoms with Crippen molar-refractivity contribution in [3.05, 3.63) is 81.7 Å². The molecule has 0 heterocycles. The van der Waals surface area contributed by atoms with Crippen molar-refractivity contribution in [2.45, 2.75) is 31.5 Å². The molecule has 0 saturated carbocycles. The third kappa shape index (κ3) is 3.67. The highest BCUT2D eigenvalue weighted by molar-refractivity contribution is 5.68. The third-order valence-corrected chi connectivity index (χ3v) is 4.17. The normalized spacial score (nSPS) is 18.8. The maximum absolute atomic E-state index is 12.2. The average Bonchev–Trinajstić information content (AvgIpc) is 2.63. The lowest BCUT2D eigenvalue weighted by atomic mass is 9.84. The molecule has 122 valence electrons. The summed E-state index contributed by atoms with van der Waals surface area (Å²) in [5.74, 6) is 0. The summed E-state index contributed by atoms with van der Waals surface area (Å²) in [5, 5.41) is 6.70. The summed E-state index contributed by atoms with van der Waals surface area (Å²) in [7, 11) is 0. The zero-order valence-electron chi connectivity index (χ0n) is 13.1. The summed E-state index contributed by atoms with van der Waals surface area (Å²) in [4.78, 5) is 15.1. The van der Waals surface area contributed by atoms with Crippen LogP contribution in [0.2, 0.25) is 0 Å². The Morgan fingerprint density at radius 3 is 2.75 bits per heavy atom. The molecule has 1 aliphatic carbocycles. The standard InChI is InChI=1S/C18H18N4O2/c19-22-21-16-11-10-14-8-4-5-9-15(14)17(16)20-18(23)24-12-13-6-2-1-3-7-13/h1-9,16-17H,10-12H2,(H,20,23)/t16-,17+/m0/s1. The van der Waals surface area contributed by atoms with Gasteiger partial charge in [-0.25, -0.2) is 4.79 Å². The van der Waals surface area contributed by atoms with E-state index in [1.807, 2.05) is 54.6 Å². The molecule has 6 nitrogen and oxygen atoms in total. The molecule has 0 saturated heterocycles. The van der Waals surface area contributed by atoms with E-state index >= 15 is 0 Å². The van der Waals surface area contributed by atoms with E-state index in [0.717, 1.165) is 23.1 Å². The Balaban J connectivity index is 1.71. The number of hydrogen-bond acceptors (Lipinski definition) is 3. The lowest BCUT2D eigenvalue weighted by Crippen LogP contribution is -2.38. The quantitative estimate of drug-likeness (QED) is 0.517. The fourth-order valence-electron chi connectivity index (χ4n) is 3.00. The summed E-state index contributed by atoms with van der Waals surface area (Å²) < 4.78 is 5.29. The number of benzene rings is 2. The molecule has 0 aromatic heterocycles. The van der Waals surface area contributed by atoms with Gasteiger partial charge < -0.3 is 10.1 Å². The second-order valence-electron chi connectivity index (χ2n) is 5.69. The second kappa shape index (κ2) is 7.53. The lowest BCUT2D eigenvalue weighted by molar-refractivity contribution is 0.133. The van der Waals surface area contributed by atoms with E-state index in [9.17, 15) is 4.79 Å². The smallest absolute Gasteiger partial charge is 0.407 e. The Kier molecular flexibility index (Phi) is 4.99. The lowest BCUT2D eigenvalue weighted by Gasteiger charge is -2.31. The van der Waals surface area contributed by atoms with Crippen LogP contribution in [0.15, 0.2) is 59.7 Å². The van der Waals surface area contributed by atoms with Gasteiger partial charge in [0.2, 0.25) is 0 Å². The number of fused-ring (bicyclic) bond motifs is 1. The van der Waals surface area contributed by atoms with Crippen LogP contribution in [0, 0.1) is 0 Å². The fraction of sp³-hybridized carbons (Fsp3) is 0.278. The van der Waals surface area contributed by atoms with E-state index in [0.29, 0.717) is 6.42 Å². The van der Waals surface area contributed by atoms with Gasteiger partial charge in [-0.1, -0.05) is 59.7 Å². The first kappa shape index (κ1) is 15.9. The number of aryl methyl sites for hydroxylation is 1. The Hall–Kier alpha value is -2.98. The topological polar surface area (TPSA) is 87.1 Å². The number of ether oxygens (including phenoxy) is 1. The highest BCUT2D eigenvalue weighted by atomic mass is 16.5. The van der Waals surface area contributed by atoms with Crippen LogP contribution in [0.25, 0.3) is 10.4 Å².